The normalized spacial score (nSPS) is 15.2. The van der Waals surface area contributed by atoms with Crippen LogP contribution in [0, 0.1) is 0 Å². The first-order chi connectivity index (χ1) is 8.84. The summed E-state index contributed by atoms with van der Waals surface area (Å²) >= 11 is 0. The molecule has 1 aromatic heterocycles. The second-order valence-electron chi connectivity index (χ2n) is 4.84. The zero-order valence-electron chi connectivity index (χ0n) is 9.90. The van der Waals surface area contributed by atoms with E-state index in [4.69, 9.17) is 4.42 Å². The highest BCUT2D eigenvalue weighted by molar-refractivity contribution is 6.10. The molecule has 4 rings (SSSR count). The number of aryl methyl sites for hydroxylation is 1. The zero-order valence-corrected chi connectivity index (χ0v) is 9.90. The van der Waals surface area contributed by atoms with Crippen LogP contribution in [0.2, 0.25) is 0 Å². The Labute approximate surface area is 104 Å². The summed E-state index contributed by atoms with van der Waals surface area (Å²) in [4.78, 5) is 11.9. The van der Waals surface area contributed by atoms with Gasteiger partial charge in [0, 0.05) is 28.3 Å². The van der Waals surface area contributed by atoms with Crippen LogP contribution in [0.1, 0.15) is 28.8 Å². The molecule has 2 nitrogen and oxygen atoms in total. The monoisotopic (exact) mass is 236 g/mol. The molecule has 2 heteroatoms. The van der Waals surface area contributed by atoms with Gasteiger partial charge in [-0.05, 0) is 25.0 Å². The molecule has 18 heavy (non-hydrogen) atoms. The van der Waals surface area contributed by atoms with Gasteiger partial charge in [-0.3, -0.25) is 4.79 Å². The molecule has 0 saturated carbocycles. The van der Waals surface area contributed by atoms with E-state index in [0.29, 0.717) is 6.42 Å². The van der Waals surface area contributed by atoms with Gasteiger partial charge in [-0.1, -0.05) is 24.3 Å². The smallest absolute Gasteiger partial charge is 0.163 e. The molecule has 0 radical (unpaired) electrons. The number of para-hydroxylation sites is 1. The van der Waals surface area contributed by atoms with Crippen LogP contribution >= 0.6 is 0 Å². The van der Waals surface area contributed by atoms with E-state index in [1.807, 2.05) is 30.3 Å². The first-order valence-electron chi connectivity index (χ1n) is 6.31. The number of hydrogen-bond acceptors (Lipinski definition) is 2. The predicted molar refractivity (Wildman–Crippen MR) is 71.0 cm³/mol. The van der Waals surface area contributed by atoms with Crippen LogP contribution in [-0.2, 0) is 6.42 Å². The molecule has 1 aliphatic rings. The minimum atomic E-state index is 0.249. The number of rotatable bonds is 0. The quantitative estimate of drug-likeness (QED) is 0.588. The van der Waals surface area contributed by atoms with Crippen molar-refractivity contribution >= 4 is 27.7 Å². The molecule has 0 unspecified atom stereocenters. The first kappa shape index (κ1) is 9.89. The van der Waals surface area contributed by atoms with Crippen molar-refractivity contribution in [1.82, 2.24) is 0 Å². The molecule has 0 atom stereocenters. The van der Waals surface area contributed by atoms with Crippen molar-refractivity contribution in [1.29, 1.82) is 0 Å². The Bertz CT molecular complexity index is 780. The van der Waals surface area contributed by atoms with Gasteiger partial charge in [0.25, 0.3) is 0 Å². The lowest BCUT2D eigenvalue weighted by Gasteiger charge is -2.14. The maximum Gasteiger partial charge on any atom is 0.163 e. The summed E-state index contributed by atoms with van der Waals surface area (Å²) in [5.74, 6) is 0.249. The van der Waals surface area contributed by atoms with E-state index in [2.05, 4.69) is 6.07 Å². The minimum absolute atomic E-state index is 0.249. The van der Waals surface area contributed by atoms with Crippen molar-refractivity contribution in [3.05, 3.63) is 47.5 Å². The number of ketones is 1. The highest BCUT2D eigenvalue weighted by atomic mass is 16.3. The van der Waals surface area contributed by atoms with Gasteiger partial charge in [-0.2, -0.15) is 0 Å². The van der Waals surface area contributed by atoms with Crippen LogP contribution in [-0.4, -0.2) is 5.78 Å². The average molecular weight is 236 g/mol. The third kappa shape index (κ3) is 1.20. The maximum atomic E-state index is 11.9. The summed E-state index contributed by atoms with van der Waals surface area (Å²) < 4.78 is 5.95. The Morgan fingerprint density at radius 3 is 2.78 bits per heavy atom. The molecule has 0 spiro atoms. The molecule has 88 valence electrons. The zero-order chi connectivity index (χ0) is 12.1. The van der Waals surface area contributed by atoms with Gasteiger partial charge in [-0.15, -0.1) is 0 Å². The third-order valence-corrected chi connectivity index (χ3v) is 3.78. The van der Waals surface area contributed by atoms with Crippen molar-refractivity contribution < 1.29 is 9.21 Å². The molecular formula is C16H12O2. The minimum Gasteiger partial charge on any atom is -0.456 e. The third-order valence-electron chi connectivity index (χ3n) is 3.78. The fraction of sp³-hybridized carbons (Fsp3) is 0.188. The lowest BCUT2D eigenvalue weighted by molar-refractivity contribution is 0.0972. The summed E-state index contributed by atoms with van der Waals surface area (Å²) in [6, 6.07) is 12.0. The van der Waals surface area contributed by atoms with Gasteiger partial charge in [0.05, 0.1) is 0 Å². The Hall–Kier alpha value is -2.09. The molecule has 2 aromatic carbocycles. The molecule has 0 saturated heterocycles. The summed E-state index contributed by atoms with van der Waals surface area (Å²) in [6.45, 7) is 0. The summed E-state index contributed by atoms with van der Waals surface area (Å²) in [6.07, 6.45) is 2.54. The van der Waals surface area contributed by atoms with E-state index >= 15 is 0 Å². The van der Waals surface area contributed by atoms with Crippen LogP contribution in [0.15, 0.2) is 40.8 Å². The summed E-state index contributed by atoms with van der Waals surface area (Å²) in [5.41, 5.74) is 3.76. The Balaban J connectivity index is 2.17. The number of carbonyl (C=O) groups excluding carboxylic acids is 1. The molecule has 0 N–H and O–H groups in total. The fourth-order valence-corrected chi connectivity index (χ4v) is 2.91. The van der Waals surface area contributed by atoms with Gasteiger partial charge in [0.15, 0.2) is 5.78 Å². The molecule has 0 aliphatic heterocycles. The van der Waals surface area contributed by atoms with E-state index in [-0.39, 0.29) is 5.78 Å². The number of Topliss-reactive ketones (excluding diaryl/α,β-unsaturated/α-hetero) is 1. The van der Waals surface area contributed by atoms with Gasteiger partial charge < -0.3 is 4.42 Å². The number of carbonyl (C=O) groups is 1. The Morgan fingerprint density at radius 2 is 1.83 bits per heavy atom. The van der Waals surface area contributed by atoms with E-state index in [0.717, 1.165) is 45.9 Å². The van der Waals surface area contributed by atoms with Gasteiger partial charge >= 0.3 is 0 Å². The summed E-state index contributed by atoms with van der Waals surface area (Å²) in [7, 11) is 0. The number of hydrogen-bond donors (Lipinski definition) is 0. The second kappa shape index (κ2) is 3.45. The SMILES string of the molecule is O=C1CCCc2c1ccc1c2oc2ccccc21. The Morgan fingerprint density at radius 1 is 0.944 bits per heavy atom. The number of furan rings is 1. The fourth-order valence-electron chi connectivity index (χ4n) is 2.91. The van der Waals surface area contributed by atoms with Crippen molar-refractivity contribution in [3.63, 3.8) is 0 Å². The molecule has 1 aliphatic carbocycles. The number of benzene rings is 2. The molecule has 0 bridgehead atoms. The van der Waals surface area contributed by atoms with E-state index in [9.17, 15) is 4.79 Å². The first-order valence-corrected chi connectivity index (χ1v) is 6.31. The average Bonchev–Trinajstić information content (AvgIpc) is 2.78. The topological polar surface area (TPSA) is 30.2 Å². The predicted octanol–water partition coefficient (Wildman–Crippen LogP) is 4.11. The van der Waals surface area contributed by atoms with E-state index < -0.39 is 0 Å². The van der Waals surface area contributed by atoms with Crippen molar-refractivity contribution in [2.45, 2.75) is 19.3 Å². The maximum absolute atomic E-state index is 11.9. The van der Waals surface area contributed by atoms with Crippen LogP contribution in [0.4, 0.5) is 0 Å². The standard InChI is InChI=1S/C16H12O2/c17-14-6-3-5-12-10(14)8-9-13-11-4-1-2-7-15(11)18-16(12)13/h1-2,4,7-9H,3,5-6H2. The lowest BCUT2D eigenvalue weighted by Crippen LogP contribution is -2.10. The van der Waals surface area contributed by atoms with Crippen LogP contribution in [0.25, 0.3) is 21.9 Å². The van der Waals surface area contributed by atoms with Crippen molar-refractivity contribution in [2.24, 2.45) is 0 Å². The van der Waals surface area contributed by atoms with E-state index in [1.54, 1.807) is 0 Å². The van der Waals surface area contributed by atoms with Gasteiger partial charge in [0.1, 0.15) is 11.2 Å². The molecule has 0 amide bonds. The molecular weight excluding hydrogens is 224 g/mol. The molecule has 0 fully saturated rings. The summed E-state index contributed by atoms with van der Waals surface area (Å²) in [5, 5.41) is 2.26. The van der Waals surface area contributed by atoms with Gasteiger partial charge in [-0.25, -0.2) is 0 Å². The lowest BCUT2D eigenvalue weighted by atomic mass is 9.89. The highest BCUT2D eigenvalue weighted by Gasteiger charge is 2.21. The van der Waals surface area contributed by atoms with E-state index in [1.165, 1.54) is 0 Å². The van der Waals surface area contributed by atoms with Crippen LogP contribution in [0.3, 0.4) is 0 Å². The van der Waals surface area contributed by atoms with Crippen molar-refractivity contribution in [2.75, 3.05) is 0 Å². The molecule has 3 aromatic rings. The highest BCUT2D eigenvalue weighted by Crippen LogP contribution is 2.35. The van der Waals surface area contributed by atoms with Crippen molar-refractivity contribution in [3.8, 4) is 0 Å². The Kier molecular flexibility index (Phi) is 1.90. The van der Waals surface area contributed by atoms with Crippen LogP contribution < -0.4 is 0 Å². The van der Waals surface area contributed by atoms with Crippen LogP contribution in [0.5, 0.6) is 0 Å². The van der Waals surface area contributed by atoms with Gasteiger partial charge in [0.2, 0.25) is 0 Å². The molecule has 1 heterocycles. The number of fused-ring (bicyclic) bond motifs is 5. The largest absolute Gasteiger partial charge is 0.456 e. The second-order valence-corrected chi connectivity index (χ2v) is 4.84.